The van der Waals surface area contributed by atoms with Gasteiger partial charge in [0, 0.05) is 41.0 Å². The lowest BCUT2D eigenvalue weighted by Crippen LogP contribution is -2.43. The number of carbonyl (C=O) groups excluding carboxylic acids is 1. The van der Waals surface area contributed by atoms with E-state index >= 15 is 0 Å². The minimum atomic E-state index is -0.0169. The van der Waals surface area contributed by atoms with Crippen LogP contribution in [0.15, 0.2) is 17.3 Å². The molecule has 8 nitrogen and oxygen atoms in total. The first-order valence-corrected chi connectivity index (χ1v) is 6.72. The molecule has 0 aromatic carbocycles. The van der Waals surface area contributed by atoms with Crippen molar-refractivity contribution >= 4 is 11.9 Å². The summed E-state index contributed by atoms with van der Waals surface area (Å²) in [5, 5.41) is 10.2. The second-order valence-corrected chi connectivity index (χ2v) is 4.67. The number of amides is 1. The van der Waals surface area contributed by atoms with E-state index in [0.29, 0.717) is 25.7 Å². The number of carbonyl (C=O) groups is 1. The molecular weight excluding hydrogens is 272 g/mol. The zero-order valence-corrected chi connectivity index (χ0v) is 13.1. The molecule has 1 heterocycles. The molecule has 0 unspecified atom stereocenters. The fourth-order valence-corrected chi connectivity index (χ4v) is 1.48. The van der Waals surface area contributed by atoms with Crippen LogP contribution < -0.4 is 10.6 Å². The molecule has 0 spiro atoms. The van der Waals surface area contributed by atoms with Gasteiger partial charge in [-0.3, -0.25) is 9.48 Å². The summed E-state index contributed by atoms with van der Waals surface area (Å²) in [5.74, 6) is 0.556. The average molecular weight is 296 g/mol. The van der Waals surface area contributed by atoms with Gasteiger partial charge in [0.25, 0.3) is 0 Å². The molecule has 1 amide bonds. The third-order valence-corrected chi connectivity index (χ3v) is 2.83. The second-order valence-electron chi connectivity index (χ2n) is 4.67. The summed E-state index contributed by atoms with van der Waals surface area (Å²) < 4.78 is 6.76. The molecule has 118 valence electrons. The van der Waals surface area contributed by atoms with Crippen molar-refractivity contribution < 1.29 is 9.53 Å². The van der Waals surface area contributed by atoms with Crippen molar-refractivity contribution in [1.82, 2.24) is 25.3 Å². The molecule has 0 bridgehead atoms. The number of nitrogens with one attached hydrogen (secondary N) is 2. The Morgan fingerprint density at radius 1 is 1.48 bits per heavy atom. The maximum absolute atomic E-state index is 11.6. The first kappa shape index (κ1) is 17.0. The summed E-state index contributed by atoms with van der Waals surface area (Å²) in [4.78, 5) is 17.6. The Morgan fingerprint density at radius 2 is 2.24 bits per heavy atom. The van der Waals surface area contributed by atoms with Crippen LogP contribution in [-0.2, 0) is 23.1 Å². The molecule has 1 aromatic heterocycles. The van der Waals surface area contributed by atoms with E-state index < -0.39 is 0 Å². The quantitative estimate of drug-likeness (QED) is 0.391. The largest absolute Gasteiger partial charge is 0.383 e. The van der Waals surface area contributed by atoms with E-state index in [1.807, 2.05) is 13.1 Å². The van der Waals surface area contributed by atoms with Crippen LogP contribution in [0.4, 0.5) is 0 Å². The molecule has 0 aliphatic heterocycles. The monoisotopic (exact) mass is 296 g/mol. The van der Waals surface area contributed by atoms with Gasteiger partial charge < -0.3 is 20.3 Å². The number of likely N-dealkylation sites (N-methyl/N-ethyl adjacent to an activating group) is 1. The zero-order valence-electron chi connectivity index (χ0n) is 13.1. The molecular formula is C13H24N6O2. The van der Waals surface area contributed by atoms with Crippen molar-refractivity contribution in [3.8, 4) is 0 Å². The number of methoxy groups -OCH3 is 1. The Balaban J connectivity index is 2.58. The number of hydrogen-bond acceptors (Lipinski definition) is 4. The number of aryl methyl sites for hydroxylation is 1. The molecule has 2 N–H and O–H groups in total. The molecule has 8 heteroatoms. The first-order valence-electron chi connectivity index (χ1n) is 6.72. The Kier molecular flexibility index (Phi) is 7.24. The third-order valence-electron chi connectivity index (χ3n) is 2.83. The SMILES string of the molecule is COCCNC(=NCc1ccnn1C)NCC(=O)N(C)C. The third kappa shape index (κ3) is 6.26. The van der Waals surface area contributed by atoms with E-state index in [4.69, 9.17) is 4.74 Å². The van der Waals surface area contributed by atoms with Gasteiger partial charge in [-0.05, 0) is 6.07 Å². The van der Waals surface area contributed by atoms with E-state index in [1.165, 1.54) is 4.90 Å². The first-order chi connectivity index (χ1) is 10.0. The minimum absolute atomic E-state index is 0.0169. The van der Waals surface area contributed by atoms with E-state index in [2.05, 4.69) is 20.7 Å². The van der Waals surface area contributed by atoms with Crippen LogP contribution in [0.1, 0.15) is 5.69 Å². The molecule has 0 saturated heterocycles. The van der Waals surface area contributed by atoms with Crippen LogP contribution in [0.25, 0.3) is 0 Å². The molecule has 1 rings (SSSR count). The normalized spacial score (nSPS) is 11.3. The highest BCUT2D eigenvalue weighted by Crippen LogP contribution is 1.97. The van der Waals surface area contributed by atoms with Gasteiger partial charge in [-0.1, -0.05) is 0 Å². The van der Waals surface area contributed by atoms with E-state index in [1.54, 1.807) is 32.1 Å². The number of guanidine groups is 1. The van der Waals surface area contributed by atoms with Crippen molar-refractivity contribution in [2.24, 2.45) is 12.0 Å². The number of ether oxygens (including phenoxy) is 1. The highest BCUT2D eigenvalue weighted by Gasteiger charge is 2.06. The number of hydrogen-bond donors (Lipinski definition) is 2. The second kappa shape index (κ2) is 8.96. The zero-order chi connectivity index (χ0) is 15.7. The van der Waals surface area contributed by atoms with Crippen molar-refractivity contribution in [3.63, 3.8) is 0 Å². The maximum Gasteiger partial charge on any atom is 0.241 e. The van der Waals surface area contributed by atoms with E-state index in [9.17, 15) is 4.79 Å². The topological polar surface area (TPSA) is 83.8 Å². The Morgan fingerprint density at radius 3 is 2.81 bits per heavy atom. The summed E-state index contributed by atoms with van der Waals surface area (Å²) in [5.41, 5.74) is 0.988. The van der Waals surface area contributed by atoms with Crippen molar-refractivity contribution in [1.29, 1.82) is 0 Å². The van der Waals surface area contributed by atoms with Gasteiger partial charge in [0.05, 0.1) is 25.4 Å². The van der Waals surface area contributed by atoms with Gasteiger partial charge >= 0.3 is 0 Å². The van der Waals surface area contributed by atoms with E-state index in [-0.39, 0.29) is 12.5 Å². The van der Waals surface area contributed by atoms with Gasteiger partial charge in [0.1, 0.15) is 0 Å². The molecule has 0 saturated carbocycles. The van der Waals surface area contributed by atoms with Crippen molar-refractivity contribution in [3.05, 3.63) is 18.0 Å². The molecule has 0 radical (unpaired) electrons. The van der Waals surface area contributed by atoms with Crippen LogP contribution in [0, 0.1) is 0 Å². The van der Waals surface area contributed by atoms with Gasteiger partial charge in [-0.2, -0.15) is 5.10 Å². The molecule has 21 heavy (non-hydrogen) atoms. The fraction of sp³-hybridized carbons (Fsp3) is 0.615. The summed E-state index contributed by atoms with van der Waals surface area (Å²) in [6, 6.07) is 1.90. The van der Waals surface area contributed by atoms with Gasteiger partial charge in [-0.25, -0.2) is 4.99 Å². The molecule has 0 aliphatic rings. The Hall–Kier alpha value is -2.09. The lowest BCUT2D eigenvalue weighted by Gasteiger charge is -2.14. The lowest BCUT2D eigenvalue weighted by atomic mass is 10.4. The van der Waals surface area contributed by atoms with Crippen LogP contribution in [0.2, 0.25) is 0 Å². The van der Waals surface area contributed by atoms with Gasteiger partial charge in [0.15, 0.2) is 5.96 Å². The predicted molar refractivity (Wildman–Crippen MR) is 80.9 cm³/mol. The minimum Gasteiger partial charge on any atom is -0.383 e. The highest BCUT2D eigenvalue weighted by molar-refractivity contribution is 5.86. The average Bonchev–Trinajstić information content (AvgIpc) is 2.86. The molecule has 0 aliphatic carbocycles. The van der Waals surface area contributed by atoms with Crippen molar-refractivity contribution in [2.45, 2.75) is 6.54 Å². The summed E-state index contributed by atoms with van der Waals surface area (Å²) in [6.45, 7) is 1.85. The standard InChI is InChI=1S/C13H24N6O2/c1-18(2)12(20)10-16-13(14-7-8-21-4)15-9-11-5-6-17-19(11)3/h5-6H,7-10H2,1-4H3,(H2,14,15,16). The number of rotatable bonds is 7. The maximum atomic E-state index is 11.6. The van der Waals surface area contributed by atoms with E-state index in [0.717, 1.165) is 5.69 Å². The van der Waals surface area contributed by atoms with Gasteiger partial charge in [0.2, 0.25) is 5.91 Å². The summed E-state index contributed by atoms with van der Waals surface area (Å²) in [7, 11) is 6.94. The van der Waals surface area contributed by atoms with Crippen LogP contribution in [0.5, 0.6) is 0 Å². The number of nitrogens with zero attached hydrogens (tertiary/aromatic N) is 4. The summed E-state index contributed by atoms with van der Waals surface area (Å²) >= 11 is 0. The highest BCUT2D eigenvalue weighted by atomic mass is 16.5. The predicted octanol–water partition coefficient (Wildman–Crippen LogP) is -0.810. The van der Waals surface area contributed by atoms with Crippen molar-refractivity contribution in [2.75, 3.05) is 40.9 Å². The summed E-state index contributed by atoms with van der Waals surface area (Å²) in [6.07, 6.45) is 1.73. The van der Waals surface area contributed by atoms with Gasteiger partial charge in [-0.15, -0.1) is 0 Å². The van der Waals surface area contributed by atoms with Crippen LogP contribution in [0.3, 0.4) is 0 Å². The molecule has 0 fully saturated rings. The fourth-order valence-electron chi connectivity index (χ4n) is 1.48. The van der Waals surface area contributed by atoms with Crippen LogP contribution in [-0.4, -0.2) is 67.4 Å². The number of aliphatic imine (C=N–C) groups is 1. The Bertz CT molecular complexity index is 469. The smallest absolute Gasteiger partial charge is 0.241 e. The number of aromatic nitrogens is 2. The molecule has 0 atom stereocenters. The van der Waals surface area contributed by atoms with Crippen LogP contribution >= 0.6 is 0 Å². The Labute approximate surface area is 125 Å². The lowest BCUT2D eigenvalue weighted by molar-refractivity contribution is -0.127. The molecule has 1 aromatic rings.